The van der Waals surface area contributed by atoms with E-state index in [1.54, 1.807) is 24.3 Å². The van der Waals surface area contributed by atoms with Gasteiger partial charge in [0.25, 0.3) is 15.9 Å². The Labute approximate surface area is 187 Å². The van der Waals surface area contributed by atoms with Crippen LogP contribution in [0.4, 0.5) is 11.4 Å². The van der Waals surface area contributed by atoms with Crippen LogP contribution >= 0.6 is 12.2 Å². The van der Waals surface area contributed by atoms with Gasteiger partial charge in [-0.2, -0.15) is 0 Å². The zero-order chi connectivity index (χ0) is 22.0. The molecule has 0 fully saturated rings. The summed E-state index contributed by atoms with van der Waals surface area (Å²) in [6.45, 7) is 2.37. The van der Waals surface area contributed by atoms with Crippen LogP contribution in [0.3, 0.4) is 0 Å². The van der Waals surface area contributed by atoms with Crippen molar-refractivity contribution in [3.63, 3.8) is 0 Å². The maximum Gasteiger partial charge on any atom is 0.264 e. The third-order valence-corrected chi connectivity index (χ3v) is 7.12. The van der Waals surface area contributed by atoms with Gasteiger partial charge in [0.2, 0.25) is 0 Å². The summed E-state index contributed by atoms with van der Waals surface area (Å²) >= 11 is 5.21. The second-order valence-corrected chi connectivity index (χ2v) is 9.53. The number of thiocarbonyl (C=S) groups is 1. The Morgan fingerprint density at radius 1 is 0.968 bits per heavy atom. The van der Waals surface area contributed by atoms with Crippen molar-refractivity contribution in [1.29, 1.82) is 0 Å². The third-order valence-electron chi connectivity index (χ3n) is 5.09. The molecule has 0 aromatic heterocycles. The van der Waals surface area contributed by atoms with Crippen LogP contribution in [0.25, 0.3) is 0 Å². The van der Waals surface area contributed by atoms with E-state index in [1.807, 2.05) is 43.3 Å². The van der Waals surface area contributed by atoms with Gasteiger partial charge < -0.3 is 5.32 Å². The molecule has 158 valence electrons. The molecule has 0 unspecified atom stereocenters. The van der Waals surface area contributed by atoms with Gasteiger partial charge >= 0.3 is 0 Å². The Morgan fingerprint density at radius 3 is 2.35 bits per heavy atom. The lowest BCUT2D eigenvalue weighted by atomic mass is 10.1. The van der Waals surface area contributed by atoms with Crippen LogP contribution in [-0.4, -0.2) is 26.0 Å². The minimum Gasteiger partial charge on any atom is -0.332 e. The Balaban J connectivity index is 1.43. The van der Waals surface area contributed by atoms with E-state index >= 15 is 0 Å². The second kappa shape index (κ2) is 8.49. The fourth-order valence-electron chi connectivity index (χ4n) is 3.44. The van der Waals surface area contributed by atoms with Crippen molar-refractivity contribution in [3.05, 3.63) is 89.5 Å². The normalized spacial score (nSPS) is 12.9. The fraction of sp³-hybridized carbons (Fsp3) is 0.130. The SMILES string of the molecule is Cc1ccc(C(=O)NC(=S)Nc2ccc(S(=O)(=O)N3CCc4ccccc43)cc2)cc1. The predicted octanol–water partition coefficient (Wildman–Crippen LogP) is 3.87. The van der Waals surface area contributed by atoms with Crippen LogP contribution in [0.15, 0.2) is 77.7 Å². The lowest BCUT2D eigenvalue weighted by molar-refractivity contribution is 0.0977. The first-order valence-corrected chi connectivity index (χ1v) is 11.6. The zero-order valence-electron chi connectivity index (χ0n) is 16.8. The molecule has 0 bridgehead atoms. The fourth-order valence-corrected chi connectivity index (χ4v) is 5.15. The standard InChI is InChI=1S/C23H21N3O3S2/c1-16-6-8-18(9-7-16)22(27)25-23(30)24-19-10-12-20(13-11-19)31(28,29)26-15-14-17-4-2-3-5-21(17)26/h2-13H,14-15H2,1H3,(H2,24,25,27,30). The minimum absolute atomic E-state index is 0.134. The third kappa shape index (κ3) is 4.45. The van der Waals surface area contributed by atoms with Crippen LogP contribution in [0.2, 0.25) is 0 Å². The van der Waals surface area contributed by atoms with E-state index in [4.69, 9.17) is 12.2 Å². The molecule has 0 atom stereocenters. The van der Waals surface area contributed by atoms with Gasteiger partial charge in [-0.15, -0.1) is 0 Å². The predicted molar refractivity (Wildman–Crippen MR) is 126 cm³/mol. The number of fused-ring (bicyclic) bond motifs is 1. The van der Waals surface area contributed by atoms with Crippen LogP contribution < -0.4 is 14.9 Å². The molecule has 6 nitrogen and oxygen atoms in total. The highest BCUT2D eigenvalue weighted by molar-refractivity contribution is 7.92. The summed E-state index contributed by atoms with van der Waals surface area (Å²) in [5, 5.41) is 5.66. The summed E-state index contributed by atoms with van der Waals surface area (Å²) < 4.78 is 27.6. The van der Waals surface area contributed by atoms with Crippen molar-refractivity contribution in [2.24, 2.45) is 0 Å². The zero-order valence-corrected chi connectivity index (χ0v) is 18.5. The quantitative estimate of drug-likeness (QED) is 0.589. The number of carbonyl (C=O) groups excluding carboxylic acids is 1. The van der Waals surface area contributed by atoms with Crippen molar-refractivity contribution in [3.8, 4) is 0 Å². The van der Waals surface area contributed by atoms with Gasteiger partial charge in [-0.05, 0) is 73.6 Å². The van der Waals surface area contributed by atoms with E-state index in [0.29, 0.717) is 24.2 Å². The number of sulfonamides is 1. The number of carbonyl (C=O) groups is 1. The Bertz CT molecular complexity index is 1240. The van der Waals surface area contributed by atoms with E-state index in [9.17, 15) is 13.2 Å². The maximum atomic E-state index is 13.1. The molecule has 8 heteroatoms. The number of hydrogen-bond donors (Lipinski definition) is 2. The first kappa shape index (κ1) is 21.0. The largest absolute Gasteiger partial charge is 0.332 e. The van der Waals surface area contributed by atoms with Crippen LogP contribution in [0.1, 0.15) is 21.5 Å². The van der Waals surface area contributed by atoms with Gasteiger partial charge in [-0.1, -0.05) is 35.9 Å². The lowest BCUT2D eigenvalue weighted by Crippen LogP contribution is -2.34. The molecule has 1 aliphatic heterocycles. The smallest absolute Gasteiger partial charge is 0.264 e. The molecule has 1 aliphatic rings. The summed E-state index contributed by atoms with van der Waals surface area (Å²) in [5.41, 5.74) is 3.89. The van der Waals surface area contributed by atoms with Gasteiger partial charge in [0.15, 0.2) is 5.11 Å². The topological polar surface area (TPSA) is 78.5 Å². The van der Waals surface area contributed by atoms with Gasteiger partial charge in [-0.25, -0.2) is 8.42 Å². The van der Waals surface area contributed by atoms with E-state index in [1.165, 1.54) is 16.4 Å². The van der Waals surface area contributed by atoms with Crippen LogP contribution in [0.5, 0.6) is 0 Å². The summed E-state index contributed by atoms with van der Waals surface area (Å²) in [4.78, 5) is 12.5. The van der Waals surface area contributed by atoms with Crippen molar-refractivity contribution < 1.29 is 13.2 Å². The van der Waals surface area contributed by atoms with Crippen molar-refractivity contribution >= 4 is 44.6 Å². The molecule has 0 saturated carbocycles. The molecule has 0 saturated heterocycles. The van der Waals surface area contributed by atoms with Crippen LogP contribution in [0, 0.1) is 6.92 Å². The van der Waals surface area contributed by atoms with Crippen molar-refractivity contribution in [1.82, 2.24) is 5.32 Å². The summed E-state index contributed by atoms with van der Waals surface area (Å²) in [6.07, 6.45) is 0.698. The molecular formula is C23H21N3O3S2. The van der Waals surface area contributed by atoms with Crippen molar-refractivity contribution in [2.75, 3.05) is 16.2 Å². The van der Waals surface area contributed by atoms with Gasteiger partial charge in [-0.3, -0.25) is 14.4 Å². The van der Waals surface area contributed by atoms with Crippen molar-refractivity contribution in [2.45, 2.75) is 18.2 Å². The Hall–Kier alpha value is -3.23. The van der Waals surface area contributed by atoms with E-state index in [0.717, 1.165) is 16.8 Å². The number of para-hydroxylation sites is 1. The molecule has 31 heavy (non-hydrogen) atoms. The average Bonchev–Trinajstić information content (AvgIpc) is 3.19. The lowest BCUT2D eigenvalue weighted by Gasteiger charge is -2.19. The van der Waals surface area contributed by atoms with Gasteiger partial charge in [0.1, 0.15) is 0 Å². The second-order valence-electron chi connectivity index (χ2n) is 7.25. The first-order chi connectivity index (χ1) is 14.8. The molecule has 0 radical (unpaired) electrons. The average molecular weight is 452 g/mol. The number of hydrogen-bond acceptors (Lipinski definition) is 4. The van der Waals surface area contributed by atoms with E-state index < -0.39 is 10.0 Å². The molecule has 3 aromatic rings. The molecule has 3 aromatic carbocycles. The van der Waals surface area contributed by atoms with E-state index in [2.05, 4.69) is 10.6 Å². The highest BCUT2D eigenvalue weighted by Crippen LogP contribution is 2.32. The number of anilines is 2. The number of nitrogens with one attached hydrogen (secondary N) is 2. The minimum atomic E-state index is -3.65. The number of amides is 1. The molecule has 2 N–H and O–H groups in total. The Morgan fingerprint density at radius 2 is 1.65 bits per heavy atom. The molecular weight excluding hydrogens is 430 g/mol. The van der Waals surface area contributed by atoms with Crippen LogP contribution in [-0.2, 0) is 16.4 Å². The molecule has 0 spiro atoms. The highest BCUT2D eigenvalue weighted by Gasteiger charge is 2.30. The van der Waals surface area contributed by atoms with E-state index in [-0.39, 0.29) is 15.9 Å². The molecule has 0 aliphatic carbocycles. The molecule has 4 rings (SSSR count). The number of aryl methyl sites for hydroxylation is 1. The van der Waals surface area contributed by atoms with Gasteiger partial charge in [0.05, 0.1) is 10.6 Å². The summed E-state index contributed by atoms with van der Waals surface area (Å²) in [6, 6.07) is 21.0. The maximum absolute atomic E-state index is 13.1. The molecule has 1 heterocycles. The molecule has 1 amide bonds. The number of benzene rings is 3. The first-order valence-electron chi connectivity index (χ1n) is 9.74. The summed E-state index contributed by atoms with van der Waals surface area (Å²) in [7, 11) is -3.65. The van der Waals surface area contributed by atoms with Gasteiger partial charge in [0, 0.05) is 17.8 Å². The Kier molecular flexibility index (Phi) is 5.75. The monoisotopic (exact) mass is 451 g/mol. The highest BCUT2D eigenvalue weighted by atomic mass is 32.2. The summed E-state index contributed by atoms with van der Waals surface area (Å²) in [5.74, 6) is -0.315. The number of rotatable bonds is 4. The number of nitrogens with zero attached hydrogens (tertiary/aromatic N) is 1.